The van der Waals surface area contributed by atoms with Crippen LogP contribution in [0.5, 0.6) is 0 Å². The molecule has 1 aliphatic heterocycles. The van der Waals surface area contributed by atoms with Gasteiger partial charge in [-0.15, -0.1) is 0 Å². The van der Waals surface area contributed by atoms with Gasteiger partial charge in [0.1, 0.15) is 5.54 Å². The number of imide groups is 1. The summed E-state index contributed by atoms with van der Waals surface area (Å²) in [5.41, 5.74) is 3.68. The quantitative estimate of drug-likeness (QED) is 0.565. The van der Waals surface area contributed by atoms with Crippen LogP contribution in [0.3, 0.4) is 0 Å². The average Bonchev–Trinajstić information content (AvgIpc) is 3.03. The lowest BCUT2D eigenvalue weighted by atomic mass is 9.82. The number of rotatable bonds is 7. The summed E-state index contributed by atoms with van der Waals surface area (Å²) < 4.78 is 0. The van der Waals surface area contributed by atoms with E-state index in [1.54, 1.807) is 0 Å². The number of anilines is 1. The molecule has 0 radical (unpaired) electrons. The SMILES string of the molecule is CN(Cc1ccccc1NCC(=O)NN1C(=O)NC2(CCCCC2)C1=O)C1CCCCC1. The van der Waals surface area contributed by atoms with Crippen LogP contribution >= 0.6 is 0 Å². The number of benzene rings is 1. The van der Waals surface area contributed by atoms with Crippen molar-refractivity contribution >= 4 is 23.5 Å². The Morgan fingerprint density at radius 2 is 1.78 bits per heavy atom. The third-order valence-electron chi connectivity index (χ3n) is 7.18. The van der Waals surface area contributed by atoms with Crippen LogP contribution < -0.4 is 16.1 Å². The zero-order chi connectivity index (χ0) is 22.6. The van der Waals surface area contributed by atoms with Crippen LogP contribution in [0.4, 0.5) is 10.5 Å². The Bertz CT molecular complexity index is 846. The molecule has 1 aromatic carbocycles. The van der Waals surface area contributed by atoms with Crippen molar-refractivity contribution < 1.29 is 14.4 Å². The van der Waals surface area contributed by atoms with E-state index in [2.05, 4.69) is 34.1 Å². The van der Waals surface area contributed by atoms with E-state index in [0.717, 1.165) is 42.1 Å². The minimum atomic E-state index is -0.841. The molecule has 0 aromatic heterocycles. The Morgan fingerprint density at radius 1 is 1.09 bits per heavy atom. The molecular weight excluding hydrogens is 406 g/mol. The first kappa shape index (κ1) is 22.6. The number of para-hydroxylation sites is 1. The second-order valence-electron chi connectivity index (χ2n) is 9.47. The van der Waals surface area contributed by atoms with Gasteiger partial charge in [-0.05, 0) is 44.4 Å². The van der Waals surface area contributed by atoms with Crippen molar-refractivity contribution in [3.05, 3.63) is 29.8 Å². The molecule has 4 rings (SSSR count). The van der Waals surface area contributed by atoms with Crippen molar-refractivity contribution in [3.8, 4) is 0 Å². The molecule has 2 saturated carbocycles. The molecule has 8 nitrogen and oxygen atoms in total. The minimum Gasteiger partial charge on any atom is -0.376 e. The normalized spacial score (nSPS) is 21.1. The predicted molar refractivity (Wildman–Crippen MR) is 123 cm³/mol. The van der Waals surface area contributed by atoms with E-state index in [0.29, 0.717) is 18.9 Å². The van der Waals surface area contributed by atoms with Crippen LogP contribution in [0, 0.1) is 0 Å². The molecule has 0 atom stereocenters. The van der Waals surface area contributed by atoms with Gasteiger partial charge in [0.25, 0.3) is 11.8 Å². The van der Waals surface area contributed by atoms with Crippen molar-refractivity contribution in [2.24, 2.45) is 0 Å². The molecule has 1 saturated heterocycles. The van der Waals surface area contributed by atoms with Gasteiger partial charge in [0, 0.05) is 18.3 Å². The lowest BCUT2D eigenvalue weighted by Gasteiger charge is -2.31. The Morgan fingerprint density at radius 3 is 2.53 bits per heavy atom. The maximum atomic E-state index is 12.8. The second kappa shape index (κ2) is 9.90. The van der Waals surface area contributed by atoms with Crippen LogP contribution in [-0.4, -0.2) is 52.9 Å². The molecule has 8 heteroatoms. The highest BCUT2D eigenvalue weighted by Crippen LogP contribution is 2.33. The van der Waals surface area contributed by atoms with Gasteiger partial charge in [0.05, 0.1) is 6.54 Å². The number of carbonyl (C=O) groups excluding carboxylic acids is 3. The average molecular weight is 442 g/mol. The molecule has 2 aliphatic carbocycles. The van der Waals surface area contributed by atoms with E-state index in [9.17, 15) is 14.4 Å². The second-order valence-corrected chi connectivity index (χ2v) is 9.47. The summed E-state index contributed by atoms with van der Waals surface area (Å²) in [6.45, 7) is 0.791. The van der Waals surface area contributed by atoms with Crippen LogP contribution in [-0.2, 0) is 16.1 Å². The van der Waals surface area contributed by atoms with Gasteiger partial charge >= 0.3 is 6.03 Å². The minimum absolute atomic E-state index is 0.0196. The van der Waals surface area contributed by atoms with Gasteiger partial charge in [-0.1, -0.05) is 56.7 Å². The fraction of sp³-hybridized carbons (Fsp3) is 0.625. The summed E-state index contributed by atoms with van der Waals surface area (Å²) in [7, 11) is 2.16. The van der Waals surface area contributed by atoms with Crippen LogP contribution in [0.1, 0.15) is 69.8 Å². The van der Waals surface area contributed by atoms with Gasteiger partial charge in [-0.3, -0.25) is 19.9 Å². The van der Waals surface area contributed by atoms with E-state index in [1.807, 2.05) is 18.2 Å². The van der Waals surface area contributed by atoms with E-state index < -0.39 is 17.5 Å². The number of nitrogens with one attached hydrogen (secondary N) is 3. The molecule has 0 unspecified atom stereocenters. The summed E-state index contributed by atoms with van der Waals surface area (Å²) in [5, 5.41) is 6.85. The van der Waals surface area contributed by atoms with Gasteiger partial charge in [0.15, 0.2) is 0 Å². The lowest BCUT2D eigenvalue weighted by Crippen LogP contribution is -2.51. The molecular formula is C24H35N5O3. The molecule has 1 aromatic rings. The van der Waals surface area contributed by atoms with Gasteiger partial charge in [-0.2, -0.15) is 5.01 Å². The Labute approximate surface area is 190 Å². The molecule has 1 heterocycles. The number of amides is 4. The molecule has 1 spiro atoms. The van der Waals surface area contributed by atoms with Gasteiger partial charge in [-0.25, -0.2) is 4.79 Å². The largest absolute Gasteiger partial charge is 0.376 e. The smallest absolute Gasteiger partial charge is 0.344 e. The monoisotopic (exact) mass is 441 g/mol. The highest BCUT2D eigenvalue weighted by Gasteiger charge is 2.52. The Hall–Kier alpha value is -2.61. The van der Waals surface area contributed by atoms with Crippen molar-refractivity contribution in [3.63, 3.8) is 0 Å². The van der Waals surface area contributed by atoms with E-state index in [4.69, 9.17) is 0 Å². The fourth-order valence-corrected chi connectivity index (χ4v) is 5.31. The standard InChI is InChI=1S/C24H35N5O3/c1-28(19-11-4-2-5-12-19)17-18-10-6-7-13-20(18)25-16-21(30)27-29-22(31)24(26-23(29)32)14-8-3-9-15-24/h6-7,10,13,19,25H,2-5,8-9,11-12,14-17H2,1H3,(H,26,32)(H,27,30). The highest BCUT2D eigenvalue weighted by atomic mass is 16.2. The van der Waals surface area contributed by atoms with Crippen LogP contribution in [0.15, 0.2) is 24.3 Å². The zero-order valence-corrected chi connectivity index (χ0v) is 19.0. The maximum Gasteiger partial charge on any atom is 0.344 e. The first-order valence-corrected chi connectivity index (χ1v) is 12.0. The predicted octanol–water partition coefficient (Wildman–Crippen LogP) is 3.15. The molecule has 4 amide bonds. The number of nitrogens with zero attached hydrogens (tertiary/aromatic N) is 2. The summed E-state index contributed by atoms with van der Waals surface area (Å²) in [4.78, 5) is 40.1. The topological polar surface area (TPSA) is 93.8 Å². The van der Waals surface area contributed by atoms with Crippen LogP contribution in [0.25, 0.3) is 0 Å². The number of hydrogen-bond donors (Lipinski definition) is 3. The molecule has 3 N–H and O–H groups in total. The molecule has 3 fully saturated rings. The number of urea groups is 1. The summed E-state index contributed by atoms with van der Waals surface area (Å²) in [6.07, 6.45) is 10.5. The van der Waals surface area contributed by atoms with E-state index in [1.165, 1.54) is 32.1 Å². The van der Waals surface area contributed by atoms with Crippen molar-refractivity contribution in [2.45, 2.75) is 82.3 Å². The lowest BCUT2D eigenvalue weighted by molar-refractivity contribution is -0.139. The summed E-state index contributed by atoms with van der Waals surface area (Å²) in [6, 6.07) is 8.04. The maximum absolute atomic E-state index is 12.8. The fourth-order valence-electron chi connectivity index (χ4n) is 5.31. The Balaban J connectivity index is 1.32. The zero-order valence-electron chi connectivity index (χ0n) is 19.0. The summed E-state index contributed by atoms with van der Waals surface area (Å²) >= 11 is 0. The first-order valence-electron chi connectivity index (χ1n) is 12.0. The Kier molecular flexibility index (Phi) is 6.98. The van der Waals surface area contributed by atoms with Gasteiger partial charge < -0.3 is 10.6 Å². The summed E-state index contributed by atoms with van der Waals surface area (Å²) in [5.74, 6) is -0.762. The van der Waals surface area contributed by atoms with E-state index >= 15 is 0 Å². The van der Waals surface area contributed by atoms with Gasteiger partial charge in [0.2, 0.25) is 0 Å². The third-order valence-corrected chi connectivity index (χ3v) is 7.18. The number of carbonyl (C=O) groups is 3. The third kappa shape index (κ3) is 4.90. The van der Waals surface area contributed by atoms with Crippen molar-refractivity contribution in [1.82, 2.24) is 20.7 Å². The first-order chi connectivity index (χ1) is 15.5. The molecule has 32 heavy (non-hydrogen) atoms. The van der Waals surface area contributed by atoms with E-state index in [-0.39, 0.29) is 12.5 Å². The molecule has 174 valence electrons. The number of hydrogen-bond acceptors (Lipinski definition) is 5. The molecule has 0 bridgehead atoms. The number of hydrazine groups is 1. The van der Waals surface area contributed by atoms with Crippen LogP contribution in [0.2, 0.25) is 0 Å². The van der Waals surface area contributed by atoms with Crippen molar-refractivity contribution in [2.75, 3.05) is 18.9 Å². The van der Waals surface area contributed by atoms with Crippen molar-refractivity contribution in [1.29, 1.82) is 0 Å². The highest BCUT2D eigenvalue weighted by molar-refractivity contribution is 6.08. The molecule has 3 aliphatic rings.